The normalized spacial score (nSPS) is 9.68. The van der Waals surface area contributed by atoms with Crippen molar-refractivity contribution in [3.63, 3.8) is 0 Å². The van der Waals surface area contributed by atoms with E-state index in [1.165, 1.54) is 5.56 Å². The highest BCUT2D eigenvalue weighted by Gasteiger charge is 2.03. The third-order valence-corrected chi connectivity index (χ3v) is 3.51. The van der Waals surface area contributed by atoms with Crippen LogP contribution in [0.2, 0.25) is 0 Å². The fraction of sp³-hybridized carbons (Fsp3) is 0.368. The third-order valence-electron chi connectivity index (χ3n) is 3.51. The lowest BCUT2D eigenvalue weighted by atomic mass is 10.2. The molecule has 0 spiro atoms. The summed E-state index contributed by atoms with van der Waals surface area (Å²) in [6, 6.07) is 11.5. The minimum absolute atomic E-state index is 0.514. The molecule has 6 heteroatoms. The minimum atomic E-state index is 0.514. The zero-order chi connectivity index (χ0) is 18.7. The summed E-state index contributed by atoms with van der Waals surface area (Å²) in [7, 11) is 8.41. The topological polar surface area (TPSA) is 75.0 Å². The van der Waals surface area contributed by atoms with Crippen LogP contribution in [-0.2, 0) is 13.1 Å². The third kappa shape index (κ3) is 6.17. The van der Waals surface area contributed by atoms with Gasteiger partial charge in [0.25, 0.3) is 0 Å². The van der Waals surface area contributed by atoms with E-state index in [2.05, 4.69) is 5.32 Å². The summed E-state index contributed by atoms with van der Waals surface area (Å²) in [6.45, 7) is 1.35. The lowest BCUT2D eigenvalue weighted by Crippen LogP contribution is -2.05. The molecule has 0 saturated carbocycles. The molecule has 3 N–H and O–H groups in total. The Hall–Kier alpha value is -2.44. The zero-order valence-corrected chi connectivity index (χ0v) is 15.6. The summed E-state index contributed by atoms with van der Waals surface area (Å²) in [5.41, 5.74) is 7.68. The van der Waals surface area contributed by atoms with Gasteiger partial charge in [0.1, 0.15) is 0 Å². The number of benzene rings is 2. The van der Waals surface area contributed by atoms with E-state index in [0.717, 1.165) is 35.1 Å². The molecule has 0 bridgehead atoms. The van der Waals surface area contributed by atoms with Gasteiger partial charge in [-0.2, -0.15) is 0 Å². The Bertz CT molecular complexity index is 647. The number of methoxy groups -OCH3 is 4. The molecular weight excluding hydrogens is 320 g/mol. The van der Waals surface area contributed by atoms with Crippen LogP contribution in [0.3, 0.4) is 0 Å². The van der Waals surface area contributed by atoms with E-state index in [9.17, 15) is 0 Å². The Labute approximate surface area is 149 Å². The molecule has 0 aliphatic carbocycles. The Kier molecular flexibility index (Phi) is 9.21. The minimum Gasteiger partial charge on any atom is -0.493 e. The van der Waals surface area contributed by atoms with Crippen molar-refractivity contribution >= 4 is 0 Å². The molecule has 25 heavy (non-hydrogen) atoms. The summed E-state index contributed by atoms with van der Waals surface area (Å²) in [5.74, 6) is 2.99. The number of nitrogens with two attached hydrogens (primary N) is 1. The maximum absolute atomic E-state index is 5.47. The average molecular weight is 348 g/mol. The van der Waals surface area contributed by atoms with Crippen LogP contribution in [0.1, 0.15) is 11.1 Å². The van der Waals surface area contributed by atoms with Crippen molar-refractivity contribution < 1.29 is 18.9 Å². The predicted octanol–water partition coefficient (Wildman–Crippen LogP) is 2.59. The molecule has 0 saturated heterocycles. The van der Waals surface area contributed by atoms with Crippen LogP contribution in [0.15, 0.2) is 36.4 Å². The quantitative estimate of drug-likeness (QED) is 0.801. The van der Waals surface area contributed by atoms with Crippen molar-refractivity contribution in [2.75, 3.05) is 35.5 Å². The second-order valence-electron chi connectivity index (χ2n) is 5.11. The molecule has 0 heterocycles. The van der Waals surface area contributed by atoms with Gasteiger partial charge in [0, 0.05) is 13.1 Å². The van der Waals surface area contributed by atoms with Crippen LogP contribution in [0, 0.1) is 0 Å². The Morgan fingerprint density at radius 3 is 1.56 bits per heavy atom. The van der Waals surface area contributed by atoms with Crippen LogP contribution in [0.25, 0.3) is 0 Å². The molecule has 0 radical (unpaired) electrons. The molecule has 0 aliphatic heterocycles. The highest BCUT2D eigenvalue weighted by Crippen LogP contribution is 2.28. The monoisotopic (exact) mass is 348 g/mol. The van der Waals surface area contributed by atoms with Crippen LogP contribution in [0.5, 0.6) is 23.0 Å². The van der Waals surface area contributed by atoms with E-state index < -0.39 is 0 Å². The highest BCUT2D eigenvalue weighted by atomic mass is 16.5. The number of nitrogens with one attached hydrogen (secondary N) is 1. The van der Waals surface area contributed by atoms with E-state index >= 15 is 0 Å². The molecule has 0 atom stereocenters. The molecule has 138 valence electrons. The van der Waals surface area contributed by atoms with E-state index in [4.69, 9.17) is 24.7 Å². The van der Waals surface area contributed by atoms with Gasteiger partial charge in [-0.25, -0.2) is 0 Å². The van der Waals surface area contributed by atoms with E-state index in [-0.39, 0.29) is 0 Å². The van der Waals surface area contributed by atoms with E-state index in [1.807, 2.05) is 43.4 Å². The highest BCUT2D eigenvalue weighted by molar-refractivity contribution is 5.43. The Morgan fingerprint density at radius 2 is 1.16 bits per heavy atom. The first-order valence-electron chi connectivity index (χ1n) is 7.89. The largest absolute Gasteiger partial charge is 0.493 e. The van der Waals surface area contributed by atoms with Gasteiger partial charge in [-0.1, -0.05) is 12.1 Å². The van der Waals surface area contributed by atoms with Crippen LogP contribution in [0.4, 0.5) is 0 Å². The van der Waals surface area contributed by atoms with Gasteiger partial charge < -0.3 is 30.0 Å². The maximum atomic E-state index is 5.47. The second kappa shape index (κ2) is 11.2. The molecule has 0 unspecified atom stereocenters. The summed E-state index contributed by atoms with van der Waals surface area (Å²) in [4.78, 5) is 0. The Balaban J connectivity index is 0.000000251. The van der Waals surface area contributed by atoms with Crippen molar-refractivity contribution in [3.8, 4) is 23.0 Å². The first kappa shape index (κ1) is 20.6. The number of ether oxygens (including phenoxy) is 4. The average Bonchev–Trinajstić information content (AvgIpc) is 2.67. The molecule has 0 aliphatic rings. The van der Waals surface area contributed by atoms with E-state index in [1.54, 1.807) is 28.4 Å². The summed E-state index contributed by atoms with van der Waals surface area (Å²) >= 11 is 0. The van der Waals surface area contributed by atoms with Crippen LogP contribution in [-0.4, -0.2) is 35.5 Å². The lowest BCUT2D eigenvalue weighted by molar-refractivity contribution is 0.354. The van der Waals surface area contributed by atoms with Crippen molar-refractivity contribution in [2.45, 2.75) is 13.1 Å². The van der Waals surface area contributed by atoms with Gasteiger partial charge in [-0.05, 0) is 42.4 Å². The number of rotatable bonds is 7. The standard InChI is InChI=1S/C10H15NO2.C9H13NO2/c1-11-7-8-4-5-9(12-2)10(6-8)13-3;1-11-8-4-3-7(6-10)5-9(8)12-2/h4-6,11H,7H2,1-3H3;3-5H,6,10H2,1-2H3. The molecule has 0 amide bonds. The predicted molar refractivity (Wildman–Crippen MR) is 99.7 cm³/mol. The van der Waals surface area contributed by atoms with E-state index in [0.29, 0.717) is 6.54 Å². The van der Waals surface area contributed by atoms with Crippen LogP contribution >= 0.6 is 0 Å². The molecule has 2 rings (SSSR count). The summed E-state index contributed by atoms with van der Waals surface area (Å²) < 4.78 is 20.5. The second-order valence-corrected chi connectivity index (χ2v) is 5.11. The first-order chi connectivity index (χ1) is 12.1. The SMILES string of the molecule is CNCc1ccc(OC)c(OC)c1.COc1ccc(CN)cc1OC. The van der Waals surface area contributed by atoms with Crippen molar-refractivity contribution in [1.82, 2.24) is 5.32 Å². The molecule has 6 nitrogen and oxygen atoms in total. The molecular formula is C19H28N2O4. The maximum Gasteiger partial charge on any atom is 0.161 e. The summed E-state index contributed by atoms with van der Waals surface area (Å²) in [6.07, 6.45) is 0. The first-order valence-corrected chi connectivity index (χ1v) is 7.89. The van der Waals surface area contributed by atoms with Gasteiger partial charge in [0.2, 0.25) is 0 Å². The number of hydrogen-bond acceptors (Lipinski definition) is 6. The van der Waals surface area contributed by atoms with Gasteiger partial charge >= 0.3 is 0 Å². The lowest BCUT2D eigenvalue weighted by Gasteiger charge is -2.08. The smallest absolute Gasteiger partial charge is 0.161 e. The van der Waals surface area contributed by atoms with Crippen molar-refractivity contribution in [3.05, 3.63) is 47.5 Å². The van der Waals surface area contributed by atoms with Gasteiger partial charge in [-0.15, -0.1) is 0 Å². The molecule has 0 fully saturated rings. The summed E-state index contributed by atoms with van der Waals surface area (Å²) in [5, 5.41) is 3.08. The molecule has 2 aromatic carbocycles. The Morgan fingerprint density at radius 1 is 0.720 bits per heavy atom. The molecule has 2 aromatic rings. The van der Waals surface area contributed by atoms with Gasteiger partial charge in [0.05, 0.1) is 28.4 Å². The zero-order valence-electron chi connectivity index (χ0n) is 15.6. The fourth-order valence-corrected chi connectivity index (χ4v) is 2.20. The van der Waals surface area contributed by atoms with Crippen LogP contribution < -0.4 is 30.0 Å². The number of hydrogen-bond donors (Lipinski definition) is 2. The van der Waals surface area contributed by atoms with Gasteiger partial charge in [0.15, 0.2) is 23.0 Å². The van der Waals surface area contributed by atoms with Crippen molar-refractivity contribution in [1.29, 1.82) is 0 Å². The fourth-order valence-electron chi connectivity index (χ4n) is 2.20. The molecule has 0 aromatic heterocycles. The van der Waals surface area contributed by atoms with Gasteiger partial charge in [-0.3, -0.25) is 0 Å². The van der Waals surface area contributed by atoms with Crippen molar-refractivity contribution in [2.24, 2.45) is 5.73 Å².